The zero-order valence-electron chi connectivity index (χ0n) is 12.0. The molecular weight excluding hydrogens is 326 g/mol. The molecule has 0 bridgehead atoms. The molecule has 0 saturated heterocycles. The molecule has 0 unspecified atom stereocenters. The summed E-state index contributed by atoms with van der Waals surface area (Å²) in [7, 11) is -5.56. The number of rotatable bonds is 5. The molecule has 0 N–H and O–H groups in total. The van der Waals surface area contributed by atoms with Gasteiger partial charge in [0.15, 0.2) is 15.7 Å². The van der Waals surface area contributed by atoms with E-state index in [1.807, 2.05) is 0 Å². The molecule has 0 aliphatic carbocycles. The van der Waals surface area contributed by atoms with Crippen molar-refractivity contribution < 1.29 is 16.8 Å². The quantitative estimate of drug-likeness (QED) is 0.799. The Morgan fingerprint density at radius 3 is 2.18 bits per heavy atom. The van der Waals surface area contributed by atoms with Crippen molar-refractivity contribution in [2.45, 2.75) is 10.6 Å². The highest BCUT2D eigenvalue weighted by Gasteiger charge is 2.22. The molecule has 0 spiro atoms. The first kappa shape index (κ1) is 16.4. The van der Waals surface area contributed by atoms with Crippen molar-refractivity contribution in [2.24, 2.45) is 0 Å². The molecular formula is C13H15N3O4S2. The van der Waals surface area contributed by atoms with Gasteiger partial charge in [0.2, 0.25) is 0 Å². The minimum absolute atomic E-state index is 0.0536. The van der Waals surface area contributed by atoms with E-state index in [1.165, 1.54) is 49.9 Å². The molecule has 0 aliphatic rings. The van der Waals surface area contributed by atoms with E-state index in [2.05, 4.69) is 9.97 Å². The molecule has 118 valence electrons. The summed E-state index contributed by atoms with van der Waals surface area (Å²) in [5.74, 6) is 0.0653. The number of sulfone groups is 1. The Bertz CT molecular complexity index is 848. The first-order chi connectivity index (χ1) is 10.2. The van der Waals surface area contributed by atoms with Crippen LogP contribution in [0.4, 0.5) is 5.82 Å². The minimum Gasteiger partial charge on any atom is -0.259 e. The van der Waals surface area contributed by atoms with Gasteiger partial charge in [-0.3, -0.25) is 9.29 Å². The summed E-state index contributed by atoms with van der Waals surface area (Å²) in [5, 5.41) is 0. The second kappa shape index (κ2) is 6.01. The van der Waals surface area contributed by atoms with Crippen molar-refractivity contribution in [3.63, 3.8) is 0 Å². The number of hydrogen-bond donors (Lipinski definition) is 0. The Balaban J connectivity index is 2.30. The first-order valence-corrected chi connectivity index (χ1v) is 9.72. The van der Waals surface area contributed by atoms with Crippen LogP contribution in [-0.4, -0.2) is 40.1 Å². The van der Waals surface area contributed by atoms with Gasteiger partial charge in [0.05, 0.1) is 16.8 Å². The highest BCUT2D eigenvalue weighted by molar-refractivity contribution is 7.92. The molecule has 0 atom stereocenters. The van der Waals surface area contributed by atoms with Gasteiger partial charge in [0.25, 0.3) is 10.0 Å². The predicted octanol–water partition coefficient (Wildman–Crippen LogP) is 0.846. The molecule has 0 radical (unpaired) electrons. The Morgan fingerprint density at radius 2 is 1.68 bits per heavy atom. The first-order valence-electron chi connectivity index (χ1n) is 6.22. The van der Waals surface area contributed by atoms with Gasteiger partial charge in [0, 0.05) is 25.7 Å². The average molecular weight is 341 g/mol. The summed E-state index contributed by atoms with van der Waals surface area (Å²) < 4.78 is 48.4. The van der Waals surface area contributed by atoms with E-state index in [4.69, 9.17) is 0 Å². The highest BCUT2D eigenvalue weighted by atomic mass is 32.2. The molecule has 0 amide bonds. The minimum atomic E-state index is -3.77. The van der Waals surface area contributed by atoms with E-state index in [-0.39, 0.29) is 16.5 Å². The number of hydrogen-bond acceptors (Lipinski definition) is 6. The maximum absolute atomic E-state index is 12.5. The van der Waals surface area contributed by atoms with Crippen LogP contribution in [0.3, 0.4) is 0 Å². The van der Waals surface area contributed by atoms with Gasteiger partial charge in [-0.25, -0.2) is 21.8 Å². The summed E-state index contributed by atoms with van der Waals surface area (Å²) in [4.78, 5) is 7.83. The zero-order chi connectivity index (χ0) is 16.4. The van der Waals surface area contributed by atoms with E-state index in [9.17, 15) is 16.8 Å². The van der Waals surface area contributed by atoms with Gasteiger partial charge in [-0.05, 0) is 17.7 Å². The Labute approximate surface area is 129 Å². The number of sulfonamides is 1. The van der Waals surface area contributed by atoms with Crippen LogP contribution in [-0.2, 0) is 25.6 Å². The van der Waals surface area contributed by atoms with E-state index < -0.39 is 19.9 Å². The molecule has 0 saturated carbocycles. The molecule has 7 nitrogen and oxygen atoms in total. The second-order valence-electron chi connectivity index (χ2n) is 4.75. The van der Waals surface area contributed by atoms with Crippen molar-refractivity contribution in [3.05, 3.63) is 48.4 Å². The van der Waals surface area contributed by atoms with Crippen molar-refractivity contribution in [1.82, 2.24) is 9.97 Å². The van der Waals surface area contributed by atoms with E-state index in [0.29, 0.717) is 5.56 Å². The normalized spacial score (nSPS) is 12.1. The smallest absolute Gasteiger partial charge is 0.259 e. The fourth-order valence-corrected chi connectivity index (χ4v) is 3.73. The number of benzene rings is 1. The number of anilines is 1. The Kier molecular flexibility index (Phi) is 4.47. The summed E-state index contributed by atoms with van der Waals surface area (Å²) in [6.45, 7) is 0. The third kappa shape index (κ3) is 3.80. The topological polar surface area (TPSA) is 97.3 Å². The van der Waals surface area contributed by atoms with Crippen LogP contribution in [0.15, 0.2) is 47.8 Å². The molecule has 1 aromatic carbocycles. The molecule has 2 aromatic rings. The molecule has 1 heterocycles. The largest absolute Gasteiger partial charge is 0.265 e. The molecule has 1 aromatic heterocycles. The van der Waals surface area contributed by atoms with Crippen molar-refractivity contribution >= 4 is 25.7 Å². The standard InChI is InChI=1S/C13H15N3O4S2/c1-16(13-9-14-7-8-15-13)22(19,20)12-5-3-11(4-6-12)10-21(2,17)18/h3-9H,10H2,1-2H3. The monoisotopic (exact) mass is 341 g/mol. The van der Waals surface area contributed by atoms with E-state index >= 15 is 0 Å². The van der Waals surface area contributed by atoms with Gasteiger partial charge < -0.3 is 0 Å². The Hall–Kier alpha value is -2.00. The maximum Gasteiger partial charge on any atom is 0.265 e. The Morgan fingerprint density at radius 1 is 1.05 bits per heavy atom. The van der Waals surface area contributed by atoms with Crippen molar-refractivity contribution in [2.75, 3.05) is 17.6 Å². The predicted molar refractivity (Wildman–Crippen MR) is 82.6 cm³/mol. The summed E-state index contributed by atoms with van der Waals surface area (Å²) in [6.07, 6.45) is 5.32. The molecule has 0 aliphatic heterocycles. The third-order valence-electron chi connectivity index (χ3n) is 2.88. The lowest BCUT2D eigenvalue weighted by molar-refractivity contribution is 0.593. The highest BCUT2D eigenvalue weighted by Crippen LogP contribution is 2.20. The molecule has 2 rings (SSSR count). The fourth-order valence-electron chi connectivity index (χ4n) is 1.80. The average Bonchev–Trinajstić information content (AvgIpc) is 2.46. The van der Waals surface area contributed by atoms with Crippen LogP contribution < -0.4 is 4.31 Å². The maximum atomic E-state index is 12.5. The van der Waals surface area contributed by atoms with E-state index in [0.717, 1.165) is 10.6 Å². The third-order valence-corrected chi connectivity index (χ3v) is 5.52. The fraction of sp³-hybridized carbons (Fsp3) is 0.231. The summed E-state index contributed by atoms with van der Waals surface area (Å²) in [5.41, 5.74) is 0.531. The number of nitrogens with zero attached hydrogens (tertiary/aromatic N) is 3. The van der Waals surface area contributed by atoms with Crippen LogP contribution in [0.5, 0.6) is 0 Å². The van der Waals surface area contributed by atoms with Gasteiger partial charge in [0.1, 0.15) is 0 Å². The van der Waals surface area contributed by atoms with Crippen LogP contribution in [0.1, 0.15) is 5.56 Å². The molecule has 0 fully saturated rings. The van der Waals surface area contributed by atoms with Crippen LogP contribution in [0, 0.1) is 0 Å². The second-order valence-corrected chi connectivity index (χ2v) is 8.86. The summed E-state index contributed by atoms with van der Waals surface area (Å²) in [6, 6.07) is 5.72. The lowest BCUT2D eigenvalue weighted by Gasteiger charge is -2.17. The molecule has 22 heavy (non-hydrogen) atoms. The van der Waals surface area contributed by atoms with Crippen LogP contribution in [0.25, 0.3) is 0 Å². The number of aromatic nitrogens is 2. The van der Waals surface area contributed by atoms with Gasteiger partial charge in [-0.1, -0.05) is 12.1 Å². The lowest BCUT2D eigenvalue weighted by Crippen LogP contribution is -2.27. The van der Waals surface area contributed by atoms with Gasteiger partial charge in [-0.15, -0.1) is 0 Å². The van der Waals surface area contributed by atoms with Crippen LogP contribution >= 0.6 is 0 Å². The SMILES string of the molecule is CN(c1cnccn1)S(=O)(=O)c1ccc(CS(C)(=O)=O)cc1. The van der Waals surface area contributed by atoms with Crippen molar-refractivity contribution in [1.29, 1.82) is 0 Å². The van der Waals surface area contributed by atoms with E-state index in [1.54, 1.807) is 0 Å². The van der Waals surface area contributed by atoms with Crippen molar-refractivity contribution in [3.8, 4) is 0 Å². The lowest BCUT2D eigenvalue weighted by atomic mass is 10.2. The van der Waals surface area contributed by atoms with Gasteiger partial charge >= 0.3 is 0 Å². The zero-order valence-corrected chi connectivity index (χ0v) is 13.7. The summed E-state index contributed by atoms with van der Waals surface area (Å²) >= 11 is 0. The van der Waals surface area contributed by atoms with Gasteiger partial charge in [-0.2, -0.15) is 0 Å². The van der Waals surface area contributed by atoms with Crippen LogP contribution in [0.2, 0.25) is 0 Å². The molecule has 9 heteroatoms.